The first-order valence-corrected chi connectivity index (χ1v) is 14.8. The zero-order valence-corrected chi connectivity index (χ0v) is 22.9. The van der Waals surface area contributed by atoms with E-state index in [4.69, 9.17) is 14.8 Å². The molecule has 0 N–H and O–H groups in total. The van der Waals surface area contributed by atoms with Gasteiger partial charge in [0.2, 0.25) is 0 Å². The van der Waals surface area contributed by atoms with E-state index in [9.17, 15) is 9.18 Å². The third-order valence-corrected chi connectivity index (χ3v) is 10.2. The van der Waals surface area contributed by atoms with Crippen molar-refractivity contribution in [3.05, 3.63) is 47.5 Å². The lowest BCUT2D eigenvalue weighted by Gasteiger charge is -2.50. The first-order chi connectivity index (χ1) is 19.0. The second-order valence-electron chi connectivity index (χ2n) is 12.2. The quantitative estimate of drug-likeness (QED) is 0.385. The number of pyridine rings is 1. The van der Waals surface area contributed by atoms with Crippen LogP contribution in [-0.4, -0.2) is 65.0 Å². The van der Waals surface area contributed by atoms with E-state index in [0.29, 0.717) is 17.0 Å². The van der Waals surface area contributed by atoms with Crippen LogP contribution in [0.3, 0.4) is 0 Å². The molecule has 7 rings (SSSR count). The highest BCUT2D eigenvalue weighted by atomic mass is 19.1. The van der Waals surface area contributed by atoms with Crippen molar-refractivity contribution in [2.24, 2.45) is 5.41 Å². The average molecular weight is 532 g/mol. The van der Waals surface area contributed by atoms with Crippen molar-refractivity contribution in [3.8, 4) is 5.69 Å². The van der Waals surface area contributed by atoms with E-state index in [1.807, 2.05) is 6.07 Å². The molecule has 8 heteroatoms. The fourth-order valence-electron chi connectivity index (χ4n) is 7.15. The van der Waals surface area contributed by atoms with Crippen LogP contribution in [0.5, 0.6) is 0 Å². The van der Waals surface area contributed by atoms with Crippen molar-refractivity contribution in [2.45, 2.75) is 76.2 Å². The number of ether oxygens (including phenoxy) is 1. The number of nitrogens with zero attached hydrogens (tertiary/aromatic N) is 5. The number of carbonyl (C=O) groups excluding carboxylic acids is 1. The molecule has 4 aliphatic rings. The molecule has 4 fully saturated rings. The number of rotatable bonds is 5. The third-order valence-electron chi connectivity index (χ3n) is 10.2. The van der Waals surface area contributed by atoms with Gasteiger partial charge in [-0.15, -0.1) is 0 Å². The summed E-state index contributed by atoms with van der Waals surface area (Å²) in [5.74, 6) is -0.364. The monoisotopic (exact) mass is 531 g/mol. The number of hydrogen-bond acceptors (Lipinski definition) is 6. The number of aromatic nitrogens is 3. The molecule has 0 amide bonds. The highest BCUT2D eigenvalue weighted by molar-refractivity contribution is 5.99. The molecule has 1 spiro atoms. The Morgan fingerprint density at radius 3 is 2.23 bits per heavy atom. The number of benzene rings is 1. The summed E-state index contributed by atoms with van der Waals surface area (Å²) in [4.78, 5) is 22.7. The number of hydrogen-bond donors (Lipinski definition) is 0. The van der Waals surface area contributed by atoms with Gasteiger partial charge in [0, 0.05) is 25.0 Å². The van der Waals surface area contributed by atoms with Crippen LogP contribution in [-0.2, 0) is 4.74 Å². The molecule has 0 bridgehead atoms. The lowest BCUT2D eigenvalue weighted by atomic mass is 9.70. The van der Waals surface area contributed by atoms with Gasteiger partial charge >= 0.3 is 5.97 Å². The summed E-state index contributed by atoms with van der Waals surface area (Å²) < 4.78 is 20.6. The molecule has 7 nitrogen and oxygen atoms in total. The Hall–Kier alpha value is -3.00. The van der Waals surface area contributed by atoms with E-state index in [0.717, 1.165) is 54.4 Å². The van der Waals surface area contributed by atoms with E-state index < -0.39 is 5.97 Å². The third kappa shape index (κ3) is 4.41. The van der Waals surface area contributed by atoms with Crippen LogP contribution >= 0.6 is 0 Å². The Morgan fingerprint density at radius 1 is 0.974 bits per heavy atom. The summed E-state index contributed by atoms with van der Waals surface area (Å²) in [6.45, 7) is 4.42. The van der Waals surface area contributed by atoms with Crippen molar-refractivity contribution >= 4 is 22.7 Å². The SMILES string of the molecule is COC(=O)c1cc(N2CCC3(CC2)CCN(C2CCC2)CC3)c2c(C3CCC3)nn(-c3ccc(F)cc3)c2n1. The van der Waals surface area contributed by atoms with Gasteiger partial charge in [-0.2, -0.15) is 5.10 Å². The van der Waals surface area contributed by atoms with Crippen molar-refractivity contribution in [1.29, 1.82) is 0 Å². The van der Waals surface area contributed by atoms with Gasteiger partial charge in [-0.25, -0.2) is 18.9 Å². The van der Waals surface area contributed by atoms with Crippen molar-refractivity contribution in [3.63, 3.8) is 0 Å². The van der Waals surface area contributed by atoms with Gasteiger partial charge in [0.1, 0.15) is 5.82 Å². The number of fused-ring (bicyclic) bond motifs is 1. The number of halogens is 1. The molecule has 2 saturated heterocycles. The van der Waals surface area contributed by atoms with E-state index in [1.54, 1.807) is 16.8 Å². The summed E-state index contributed by atoms with van der Waals surface area (Å²) in [6.07, 6.45) is 12.5. The fraction of sp³-hybridized carbons (Fsp3) is 0.581. The molecule has 2 aliphatic carbocycles. The molecule has 2 saturated carbocycles. The highest BCUT2D eigenvalue weighted by Gasteiger charge is 2.40. The predicted octanol–water partition coefficient (Wildman–Crippen LogP) is 5.85. The number of methoxy groups -OCH3 is 1. The number of anilines is 1. The van der Waals surface area contributed by atoms with E-state index in [2.05, 4.69) is 9.80 Å². The first kappa shape index (κ1) is 25.0. The molecular weight excluding hydrogens is 493 g/mol. The van der Waals surface area contributed by atoms with Crippen molar-refractivity contribution in [2.75, 3.05) is 38.2 Å². The fourth-order valence-corrected chi connectivity index (χ4v) is 7.15. The van der Waals surface area contributed by atoms with Crippen molar-refractivity contribution in [1.82, 2.24) is 19.7 Å². The molecule has 4 heterocycles. The second kappa shape index (κ2) is 9.88. The maximum atomic E-state index is 13.8. The summed E-state index contributed by atoms with van der Waals surface area (Å²) >= 11 is 0. The summed E-state index contributed by atoms with van der Waals surface area (Å²) in [7, 11) is 1.39. The van der Waals surface area contributed by atoms with E-state index >= 15 is 0 Å². The number of carbonyl (C=O) groups is 1. The smallest absolute Gasteiger partial charge is 0.356 e. The van der Waals surface area contributed by atoms with Crippen LogP contribution in [0.1, 0.15) is 86.3 Å². The minimum atomic E-state index is -0.452. The topological polar surface area (TPSA) is 63.5 Å². The zero-order valence-electron chi connectivity index (χ0n) is 22.9. The van der Waals surface area contributed by atoms with Gasteiger partial charge < -0.3 is 14.5 Å². The van der Waals surface area contributed by atoms with Gasteiger partial charge in [0.25, 0.3) is 0 Å². The highest BCUT2D eigenvalue weighted by Crippen LogP contribution is 2.47. The van der Waals surface area contributed by atoms with Crippen LogP contribution in [0, 0.1) is 11.2 Å². The Bertz CT molecular complexity index is 1360. The largest absolute Gasteiger partial charge is 0.464 e. The predicted molar refractivity (Wildman–Crippen MR) is 149 cm³/mol. The summed E-state index contributed by atoms with van der Waals surface area (Å²) in [5, 5.41) is 6.10. The van der Waals surface area contributed by atoms with Gasteiger partial charge in [-0.05, 0) is 100 Å². The molecular formula is C31H38FN5O2. The second-order valence-corrected chi connectivity index (χ2v) is 12.2. The maximum Gasteiger partial charge on any atom is 0.356 e. The molecule has 0 atom stereocenters. The van der Waals surface area contributed by atoms with E-state index in [1.165, 1.54) is 83.7 Å². The van der Waals surface area contributed by atoms with Crippen LogP contribution < -0.4 is 4.90 Å². The Morgan fingerprint density at radius 2 is 1.64 bits per heavy atom. The van der Waals surface area contributed by atoms with Crippen molar-refractivity contribution < 1.29 is 13.9 Å². The minimum Gasteiger partial charge on any atom is -0.464 e. The molecule has 2 aromatic heterocycles. The Labute approximate surface area is 229 Å². The molecule has 206 valence electrons. The van der Waals surface area contributed by atoms with E-state index in [-0.39, 0.29) is 11.5 Å². The van der Waals surface area contributed by atoms with Crippen LogP contribution in [0.25, 0.3) is 16.7 Å². The van der Waals surface area contributed by atoms with Gasteiger partial charge in [-0.3, -0.25) is 0 Å². The molecule has 0 unspecified atom stereocenters. The lowest BCUT2D eigenvalue weighted by Crippen LogP contribution is -2.50. The molecule has 2 aliphatic heterocycles. The van der Waals surface area contributed by atoms with Crippen LogP contribution in [0.15, 0.2) is 30.3 Å². The van der Waals surface area contributed by atoms with Crippen LogP contribution in [0.4, 0.5) is 10.1 Å². The Balaban J connectivity index is 1.24. The Kier molecular flexibility index (Phi) is 6.33. The molecule has 3 aromatic rings. The van der Waals surface area contributed by atoms with Gasteiger partial charge in [0.05, 0.1) is 29.6 Å². The zero-order chi connectivity index (χ0) is 26.6. The molecule has 39 heavy (non-hydrogen) atoms. The maximum absolute atomic E-state index is 13.8. The lowest BCUT2D eigenvalue weighted by molar-refractivity contribution is 0.0306. The standard InChI is InChI=1S/C31H38FN5O2/c1-39-30(38)25-20-26(36-18-14-31(15-19-36)12-16-35(17-13-31)23-6-3-7-23)27-28(21-4-2-5-21)34-37(29(27)33-25)24-10-8-22(32)9-11-24/h8-11,20-21,23H,2-7,12-19H2,1H3. The first-order valence-electron chi connectivity index (χ1n) is 14.8. The molecule has 1 aromatic carbocycles. The normalized spacial score (nSPS) is 22.2. The molecule has 0 radical (unpaired) electrons. The van der Waals surface area contributed by atoms with Gasteiger partial charge in [-0.1, -0.05) is 12.8 Å². The number of esters is 1. The number of likely N-dealkylation sites (tertiary alicyclic amines) is 1. The van der Waals surface area contributed by atoms with Gasteiger partial charge in [0.15, 0.2) is 11.3 Å². The van der Waals surface area contributed by atoms with Crippen LogP contribution in [0.2, 0.25) is 0 Å². The minimum absolute atomic E-state index is 0.289. The average Bonchev–Trinajstić information content (AvgIpc) is 3.27. The summed E-state index contributed by atoms with van der Waals surface area (Å²) in [6, 6.07) is 9.09. The summed E-state index contributed by atoms with van der Waals surface area (Å²) in [5.41, 5.74) is 4.20. The number of piperidine rings is 2.